The number of nitrogens with one attached hydrogen (secondary N) is 1. The molecule has 384 valence electrons. The Balaban J connectivity index is 3.59. The highest BCUT2D eigenvalue weighted by atomic mass is 16.3. The number of carbonyl (C=O) groups excluding carboxylic acids is 1. The topological polar surface area (TPSA) is 89.8 Å². The van der Waals surface area contributed by atoms with Crippen LogP contribution in [0.5, 0.6) is 0 Å². The molecule has 5 nitrogen and oxygen atoms in total. The second-order valence-electron chi connectivity index (χ2n) is 20.2. The van der Waals surface area contributed by atoms with E-state index in [1.807, 2.05) is 6.08 Å². The summed E-state index contributed by atoms with van der Waals surface area (Å²) in [5.41, 5.74) is 0. The fraction of sp³-hybridized carbons (Fsp3) is 0.883. The van der Waals surface area contributed by atoms with Gasteiger partial charge in [0.1, 0.15) is 0 Å². The van der Waals surface area contributed by atoms with Crippen molar-refractivity contribution in [3.05, 3.63) is 36.5 Å². The maximum atomic E-state index is 12.5. The molecule has 0 aromatic carbocycles. The maximum Gasteiger partial charge on any atom is 0.222 e. The third-order valence-corrected chi connectivity index (χ3v) is 13.6. The van der Waals surface area contributed by atoms with Crippen molar-refractivity contribution in [1.82, 2.24) is 5.32 Å². The van der Waals surface area contributed by atoms with Crippen molar-refractivity contribution in [3.63, 3.8) is 0 Å². The normalized spacial score (nSPS) is 13.5. The van der Waals surface area contributed by atoms with Crippen molar-refractivity contribution < 1.29 is 20.1 Å². The second-order valence-corrected chi connectivity index (χ2v) is 20.2. The van der Waals surface area contributed by atoms with Gasteiger partial charge in [-0.2, -0.15) is 0 Å². The number of unbranched alkanes of at least 4 members (excludes halogenated alkanes) is 41. The lowest BCUT2D eigenvalue weighted by atomic mass is 10.0. The van der Waals surface area contributed by atoms with E-state index in [4.69, 9.17) is 0 Å². The first-order chi connectivity index (χ1) is 32.0. The van der Waals surface area contributed by atoms with E-state index in [2.05, 4.69) is 43.5 Å². The molecule has 1 amide bonds. The van der Waals surface area contributed by atoms with Gasteiger partial charge in [0.05, 0.1) is 31.3 Å². The number of aliphatic hydroxyl groups is 3. The molecule has 0 saturated heterocycles. The largest absolute Gasteiger partial charge is 0.394 e. The van der Waals surface area contributed by atoms with Crippen LogP contribution in [0.3, 0.4) is 0 Å². The maximum absolute atomic E-state index is 12.5. The summed E-state index contributed by atoms with van der Waals surface area (Å²) in [6, 6.07) is -0.762. The van der Waals surface area contributed by atoms with E-state index in [1.54, 1.807) is 6.08 Å². The van der Waals surface area contributed by atoms with Crippen LogP contribution in [0.1, 0.15) is 316 Å². The average Bonchev–Trinajstić information content (AvgIpc) is 3.30. The molecular weight excluding hydrogens is 799 g/mol. The minimum absolute atomic E-state index is 0.00638. The standard InChI is InChI=1S/C60H115NO4/c1-3-5-7-9-11-13-15-17-19-21-23-25-27-29-30-31-33-35-37-39-41-43-45-47-49-51-53-57(63)55-60(65)61-58(56-62)59(64)54-52-50-48-46-44-42-40-38-36-34-32-28-26-24-22-20-18-16-14-12-10-8-6-4-2/h29-30,44,46,52,54,57-59,62-64H,3-28,31-43,45,47-51,53,55-56H2,1-2H3,(H,61,65)/b30-29-,46-44+,54-52+. The van der Waals surface area contributed by atoms with Gasteiger partial charge in [-0.15, -0.1) is 0 Å². The van der Waals surface area contributed by atoms with Gasteiger partial charge in [0.25, 0.3) is 0 Å². The fourth-order valence-corrected chi connectivity index (χ4v) is 9.18. The minimum atomic E-state index is -0.953. The van der Waals surface area contributed by atoms with E-state index in [0.29, 0.717) is 6.42 Å². The van der Waals surface area contributed by atoms with Crippen LogP contribution in [0.25, 0.3) is 0 Å². The van der Waals surface area contributed by atoms with Crippen molar-refractivity contribution in [2.45, 2.75) is 334 Å². The zero-order valence-electron chi connectivity index (χ0n) is 43.9. The second kappa shape index (κ2) is 55.2. The highest BCUT2D eigenvalue weighted by Crippen LogP contribution is 2.17. The van der Waals surface area contributed by atoms with Gasteiger partial charge in [-0.05, 0) is 57.8 Å². The zero-order chi connectivity index (χ0) is 47.2. The van der Waals surface area contributed by atoms with Gasteiger partial charge < -0.3 is 20.6 Å². The van der Waals surface area contributed by atoms with Gasteiger partial charge in [0, 0.05) is 0 Å². The van der Waals surface area contributed by atoms with Gasteiger partial charge in [-0.25, -0.2) is 0 Å². The smallest absolute Gasteiger partial charge is 0.222 e. The molecule has 0 aliphatic heterocycles. The first kappa shape index (κ1) is 63.6. The lowest BCUT2D eigenvalue weighted by molar-refractivity contribution is -0.124. The molecular formula is C60H115NO4. The third-order valence-electron chi connectivity index (χ3n) is 13.6. The van der Waals surface area contributed by atoms with Crippen LogP contribution in [0.4, 0.5) is 0 Å². The van der Waals surface area contributed by atoms with Crippen molar-refractivity contribution in [2.75, 3.05) is 6.61 Å². The first-order valence-electron chi connectivity index (χ1n) is 29.3. The van der Waals surface area contributed by atoms with E-state index in [1.165, 1.54) is 257 Å². The molecule has 65 heavy (non-hydrogen) atoms. The Hall–Kier alpha value is -1.43. The number of hydrogen-bond acceptors (Lipinski definition) is 4. The average molecular weight is 915 g/mol. The van der Waals surface area contributed by atoms with Crippen molar-refractivity contribution in [2.24, 2.45) is 0 Å². The Morgan fingerprint density at radius 1 is 0.385 bits per heavy atom. The zero-order valence-corrected chi connectivity index (χ0v) is 43.9. The summed E-state index contributed by atoms with van der Waals surface area (Å²) in [4.78, 5) is 12.5. The molecule has 0 aromatic rings. The van der Waals surface area contributed by atoms with Crippen LogP contribution in [0, 0.1) is 0 Å². The van der Waals surface area contributed by atoms with Crippen molar-refractivity contribution >= 4 is 5.91 Å². The van der Waals surface area contributed by atoms with Gasteiger partial charge in [-0.3, -0.25) is 4.79 Å². The molecule has 3 unspecified atom stereocenters. The molecule has 0 rings (SSSR count). The number of carbonyl (C=O) groups is 1. The predicted molar refractivity (Wildman–Crippen MR) is 287 cm³/mol. The molecule has 5 heteroatoms. The lowest BCUT2D eigenvalue weighted by Gasteiger charge is -2.21. The van der Waals surface area contributed by atoms with Gasteiger partial charge in [0.15, 0.2) is 0 Å². The summed E-state index contributed by atoms with van der Waals surface area (Å²) in [5.74, 6) is -0.322. The minimum Gasteiger partial charge on any atom is -0.394 e. The Morgan fingerprint density at radius 3 is 0.985 bits per heavy atom. The van der Waals surface area contributed by atoms with Crippen LogP contribution in [0.15, 0.2) is 36.5 Å². The summed E-state index contributed by atoms with van der Waals surface area (Å²) >= 11 is 0. The molecule has 3 atom stereocenters. The highest BCUT2D eigenvalue weighted by Gasteiger charge is 2.20. The molecule has 0 radical (unpaired) electrons. The first-order valence-corrected chi connectivity index (χ1v) is 29.3. The number of aliphatic hydroxyl groups excluding tert-OH is 3. The molecule has 0 aliphatic carbocycles. The van der Waals surface area contributed by atoms with Crippen molar-refractivity contribution in [3.8, 4) is 0 Å². The molecule has 0 heterocycles. The van der Waals surface area contributed by atoms with Gasteiger partial charge in [-0.1, -0.05) is 288 Å². The van der Waals surface area contributed by atoms with Gasteiger partial charge in [0.2, 0.25) is 5.91 Å². The molecule has 0 bridgehead atoms. The summed E-state index contributed by atoms with van der Waals surface area (Å²) in [7, 11) is 0. The molecule has 4 N–H and O–H groups in total. The number of amides is 1. The molecule has 0 fully saturated rings. The Bertz CT molecular complexity index is 1010. The fourth-order valence-electron chi connectivity index (χ4n) is 9.18. The number of allylic oxidation sites excluding steroid dienone is 5. The van der Waals surface area contributed by atoms with Crippen molar-refractivity contribution in [1.29, 1.82) is 0 Å². The van der Waals surface area contributed by atoms with Gasteiger partial charge >= 0.3 is 0 Å². The Kier molecular flexibility index (Phi) is 54.0. The monoisotopic (exact) mass is 914 g/mol. The molecule has 0 spiro atoms. The van der Waals surface area contributed by atoms with E-state index in [-0.39, 0.29) is 18.9 Å². The van der Waals surface area contributed by atoms with Crippen LogP contribution >= 0.6 is 0 Å². The van der Waals surface area contributed by atoms with Crippen LogP contribution in [0.2, 0.25) is 0 Å². The van der Waals surface area contributed by atoms with Crippen LogP contribution in [-0.4, -0.2) is 46.1 Å². The molecule has 0 aromatic heterocycles. The summed E-state index contributed by atoms with van der Waals surface area (Å²) < 4.78 is 0. The number of hydrogen-bond donors (Lipinski definition) is 4. The SMILES string of the molecule is CCCCCCCCCCCCCC/C=C\CCCCCCCCCCCCC(O)CC(=O)NC(CO)C(O)/C=C/CC/C=C/CCCCCCCCCCCCCCCCCCCC. The summed E-state index contributed by atoms with van der Waals surface area (Å²) in [6.45, 7) is 4.24. The van der Waals surface area contributed by atoms with Crippen LogP contribution < -0.4 is 5.32 Å². The molecule has 0 aliphatic rings. The predicted octanol–water partition coefficient (Wildman–Crippen LogP) is 18.2. The van der Waals surface area contributed by atoms with E-state index >= 15 is 0 Å². The van der Waals surface area contributed by atoms with Crippen LogP contribution in [-0.2, 0) is 4.79 Å². The lowest BCUT2D eigenvalue weighted by Crippen LogP contribution is -2.45. The Labute approximate surface area is 406 Å². The Morgan fingerprint density at radius 2 is 0.662 bits per heavy atom. The third kappa shape index (κ3) is 51.8. The highest BCUT2D eigenvalue weighted by molar-refractivity contribution is 5.76. The summed E-state index contributed by atoms with van der Waals surface area (Å²) in [6.07, 6.45) is 72.0. The van der Waals surface area contributed by atoms with E-state index in [9.17, 15) is 20.1 Å². The summed E-state index contributed by atoms with van der Waals surface area (Å²) in [5, 5.41) is 33.5. The van der Waals surface area contributed by atoms with E-state index < -0.39 is 18.2 Å². The number of rotatable bonds is 54. The quantitative estimate of drug-likeness (QED) is 0.0361. The van der Waals surface area contributed by atoms with E-state index in [0.717, 1.165) is 32.1 Å². The molecule has 0 saturated carbocycles.